The summed E-state index contributed by atoms with van der Waals surface area (Å²) >= 11 is 1.44. The summed E-state index contributed by atoms with van der Waals surface area (Å²) in [6, 6.07) is 10.1. The maximum Gasteiger partial charge on any atom is 0.263 e. The number of hydrogen-bond acceptors (Lipinski definition) is 4. The molecule has 24 heavy (non-hydrogen) atoms. The first-order valence-electron chi connectivity index (χ1n) is 7.80. The van der Waals surface area contributed by atoms with Crippen LogP contribution < -0.4 is 11.1 Å². The van der Waals surface area contributed by atoms with Crippen LogP contribution in [0.4, 0.5) is 0 Å². The predicted octanol–water partition coefficient (Wildman–Crippen LogP) is 3.90. The molecule has 0 saturated heterocycles. The van der Waals surface area contributed by atoms with E-state index in [0.717, 1.165) is 23.4 Å². The number of rotatable bonds is 4. The fraction of sp³-hybridized carbons (Fsp3) is 0.412. The van der Waals surface area contributed by atoms with Crippen LogP contribution in [0, 0.1) is 5.92 Å². The van der Waals surface area contributed by atoms with Crippen molar-refractivity contribution in [1.29, 1.82) is 0 Å². The second-order valence-corrected chi connectivity index (χ2v) is 6.79. The summed E-state index contributed by atoms with van der Waals surface area (Å²) in [4.78, 5) is 17.5. The van der Waals surface area contributed by atoms with E-state index in [1.165, 1.54) is 24.2 Å². The Morgan fingerprint density at radius 3 is 2.62 bits per heavy atom. The maximum atomic E-state index is 12.4. The van der Waals surface area contributed by atoms with Crippen LogP contribution in [-0.4, -0.2) is 23.5 Å². The average molecular weight is 388 g/mol. The topological polar surface area (TPSA) is 68.0 Å². The van der Waals surface area contributed by atoms with E-state index in [9.17, 15) is 4.79 Å². The van der Waals surface area contributed by atoms with Gasteiger partial charge in [-0.1, -0.05) is 43.2 Å². The first kappa shape index (κ1) is 20.9. The first-order chi connectivity index (χ1) is 10.8. The van der Waals surface area contributed by atoms with E-state index in [0.29, 0.717) is 17.3 Å². The minimum atomic E-state index is -0.0231. The normalized spacial score (nSPS) is 19.7. The van der Waals surface area contributed by atoms with Gasteiger partial charge in [-0.15, -0.1) is 36.2 Å². The summed E-state index contributed by atoms with van der Waals surface area (Å²) in [6.45, 7) is 0.642. The van der Waals surface area contributed by atoms with Crippen LogP contribution in [0.3, 0.4) is 0 Å². The molecule has 1 aliphatic carbocycles. The van der Waals surface area contributed by atoms with Gasteiger partial charge in [0.15, 0.2) is 0 Å². The Hall–Kier alpha value is -1.14. The van der Waals surface area contributed by atoms with Gasteiger partial charge in [0.05, 0.1) is 6.20 Å². The number of aromatic nitrogens is 1. The van der Waals surface area contributed by atoms with Crippen LogP contribution in [-0.2, 0) is 0 Å². The Kier molecular flexibility index (Phi) is 8.70. The minimum absolute atomic E-state index is 0. The zero-order valence-electron chi connectivity index (χ0n) is 13.3. The molecule has 2 unspecified atom stereocenters. The zero-order valence-corrected chi connectivity index (χ0v) is 15.8. The molecule has 3 rings (SSSR count). The summed E-state index contributed by atoms with van der Waals surface area (Å²) < 4.78 is 0. The molecule has 1 aliphatic rings. The summed E-state index contributed by atoms with van der Waals surface area (Å²) in [5, 5.41) is 4.03. The highest BCUT2D eigenvalue weighted by molar-refractivity contribution is 7.16. The van der Waals surface area contributed by atoms with Gasteiger partial charge in [-0.05, 0) is 25.3 Å². The van der Waals surface area contributed by atoms with Gasteiger partial charge in [0.1, 0.15) is 9.88 Å². The van der Waals surface area contributed by atoms with Crippen molar-refractivity contribution in [2.75, 3.05) is 6.54 Å². The van der Waals surface area contributed by atoms with Crippen LogP contribution >= 0.6 is 36.2 Å². The number of halogens is 2. The van der Waals surface area contributed by atoms with Gasteiger partial charge >= 0.3 is 0 Å². The van der Waals surface area contributed by atoms with Gasteiger partial charge < -0.3 is 11.1 Å². The van der Waals surface area contributed by atoms with Crippen molar-refractivity contribution in [3.05, 3.63) is 41.4 Å². The Balaban J connectivity index is 0.00000144. The highest BCUT2D eigenvalue weighted by atomic mass is 35.5. The predicted molar refractivity (Wildman–Crippen MR) is 104 cm³/mol. The van der Waals surface area contributed by atoms with Crippen molar-refractivity contribution in [2.24, 2.45) is 11.7 Å². The van der Waals surface area contributed by atoms with E-state index >= 15 is 0 Å². The van der Waals surface area contributed by atoms with Crippen molar-refractivity contribution in [1.82, 2.24) is 10.3 Å². The number of thiazole rings is 1. The maximum absolute atomic E-state index is 12.4. The molecule has 0 radical (unpaired) electrons. The molecule has 1 aromatic carbocycles. The molecule has 1 fully saturated rings. The minimum Gasteiger partial charge on any atom is -0.348 e. The van der Waals surface area contributed by atoms with Crippen molar-refractivity contribution in [2.45, 2.75) is 31.7 Å². The quantitative estimate of drug-likeness (QED) is 0.835. The summed E-state index contributed by atoms with van der Waals surface area (Å²) in [5.74, 6) is 0.379. The standard InChI is InChI=1S/C17H21N3OS.2ClH/c18-10-13-8-4-5-9-14(13)20-16(21)15-11-19-17(22-15)12-6-2-1-3-7-12;;/h1-3,6-7,11,13-14H,4-5,8-10,18H2,(H,20,21);2*1H. The number of benzene rings is 1. The molecule has 1 heterocycles. The smallest absolute Gasteiger partial charge is 0.263 e. The lowest BCUT2D eigenvalue weighted by molar-refractivity contribution is 0.0912. The number of nitrogens with one attached hydrogen (secondary N) is 1. The average Bonchev–Trinajstić information content (AvgIpc) is 3.06. The van der Waals surface area contributed by atoms with Gasteiger partial charge in [-0.2, -0.15) is 0 Å². The van der Waals surface area contributed by atoms with Crippen LogP contribution in [0.15, 0.2) is 36.5 Å². The molecule has 132 valence electrons. The largest absolute Gasteiger partial charge is 0.348 e. The number of amides is 1. The fourth-order valence-corrected chi connectivity index (χ4v) is 3.84. The second-order valence-electron chi connectivity index (χ2n) is 5.76. The number of carbonyl (C=O) groups excluding carboxylic acids is 1. The van der Waals surface area contributed by atoms with Gasteiger partial charge in [-0.3, -0.25) is 4.79 Å². The Morgan fingerprint density at radius 1 is 1.21 bits per heavy atom. The molecule has 1 aromatic heterocycles. The number of nitrogens with two attached hydrogens (primary N) is 1. The molecule has 4 nitrogen and oxygen atoms in total. The van der Waals surface area contributed by atoms with Crippen molar-refractivity contribution in [3.63, 3.8) is 0 Å². The lowest BCUT2D eigenvalue weighted by Gasteiger charge is -2.31. The van der Waals surface area contributed by atoms with Gasteiger partial charge in [0.2, 0.25) is 0 Å². The third kappa shape index (κ3) is 4.93. The molecule has 3 N–H and O–H groups in total. The Labute approximate surface area is 159 Å². The fourth-order valence-electron chi connectivity index (χ4n) is 3.01. The molecule has 1 amide bonds. The van der Waals surface area contributed by atoms with E-state index in [2.05, 4.69) is 10.3 Å². The molecule has 1 saturated carbocycles. The van der Waals surface area contributed by atoms with Crippen LogP contribution in [0.1, 0.15) is 35.4 Å². The van der Waals surface area contributed by atoms with E-state index in [1.807, 2.05) is 30.3 Å². The lowest BCUT2D eigenvalue weighted by atomic mass is 9.84. The monoisotopic (exact) mass is 387 g/mol. The molecule has 0 bridgehead atoms. The lowest BCUT2D eigenvalue weighted by Crippen LogP contribution is -2.44. The van der Waals surface area contributed by atoms with Crippen LogP contribution in [0.25, 0.3) is 10.6 Å². The molecule has 7 heteroatoms. The third-order valence-electron chi connectivity index (χ3n) is 4.28. The Bertz CT molecular complexity index is 636. The molecule has 2 aromatic rings. The third-order valence-corrected chi connectivity index (χ3v) is 5.32. The second kappa shape index (κ2) is 9.99. The molecular weight excluding hydrogens is 365 g/mol. The van der Waals surface area contributed by atoms with E-state index in [-0.39, 0.29) is 36.8 Å². The van der Waals surface area contributed by atoms with Crippen molar-refractivity contribution in [3.8, 4) is 10.6 Å². The van der Waals surface area contributed by atoms with Crippen LogP contribution in [0.5, 0.6) is 0 Å². The van der Waals surface area contributed by atoms with E-state index < -0.39 is 0 Å². The summed E-state index contributed by atoms with van der Waals surface area (Å²) in [7, 11) is 0. The zero-order chi connectivity index (χ0) is 15.4. The Morgan fingerprint density at radius 2 is 1.92 bits per heavy atom. The van der Waals surface area contributed by atoms with E-state index in [4.69, 9.17) is 5.73 Å². The molecule has 0 aliphatic heterocycles. The highest BCUT2D eigenvalue weighted by Crippen LogP contribution is 2.27. The number of carbonyl (C=O) groups is 1. The number of nitrogens with zero attached hydrogens (tertiary/aromatic N) is 1. The summed E-state index contributed by atoms with van der Waals surface area (Å²) in [6.07, 6.45) is 6.19. The molecule has 0 spiro atoms. The van der Waals surface area contributed by atoms with E-state index in [1.54, 1.807) is 6.20 Å². The van der Waals surface area contributed by atoms with Crippen molar-refractivity contribution < 1.29 is 4.79 Å². The molecule has 2 atom stereocenters. The SMILES string of the molecule is Cl.Cl.NCC1CCCCC1NC(=O)c1cnc(-c2ccccc2)s1. The molecular formula is C17H23Cl2N3OS. The van der Waals surface area contributed by atoms with Gasteiger partial charge in [0, 0.05) is 11.6 Å². The highest BCUT2D eigenvalue weighted by Gasteiger charge is 2.26. The van der Waals surface area contributed by atoms with Gasteiger partial charge in [-0.25, -0.2) is 4.98 Å². The first-order valence-corrected chi connectivity index (χ1v) is 8.62. The van der Waals surface area contributed by atoms with Gasteiger partial charge in [0.25, 0.3) is 5.91 Å². The summed E-state index contributed by atoms with van der Waals surface area (Å²) in [5.41, 5.74) is 6.87. The van der Waals surface area contributed by atoms with Crippen molar-refractivity contribution >= 4 is 42.1 Å². The van der Waals surface area contributed by atoms with Crippen LogP contribution in [0.2, 0.25) is 0 Å². The number of hydrogen-bond donors (Lipinski definition) is 2.